The molecule has 2 aromatic heterocycles. The number of hydrogen-bond acceptors (Lipinski definition) is 5. The second-order valence-electron chi connectivity index (χ2n) is 7.75. The lowest BCUT2D eigenvalue weighted by atomic mass is 10.1. The third-order valence-electron chi connectivity index (χ3n) is 5.29. The van der Waals surface area contributed by atoms with Crippen LogP contribution in [0.3, 0.4) is 0 Å². The van der Waals surface area contributed by atoms with Gasteiger partial charge in [0.1, 0.15) is 0 Å². The smallest absolute Gasteiger partial charge is 0.335 e. The number of aromatic carboxylic acids is 1. The highest BCUT2D eigenvalue weighted by Gasteiger charge is 2.26. The maximum Gasteiger partial charge on any atom is 0.335 e. The molecule has 1 N–H and O–H groups in total. The number of halogens is 3. The average molecular weight is 520 g/mol. The van der Waals surface area contributed by atoms with Gasteiger partial charge < -0.3 is 5.11 Å². The van der Waals surface area contributed by atoms with Crippen molar-refractivity contribution in [2.75, 3.05) is 4.31 Å². The molecular weight excluding hydrogens is 503 g/mol. The number of carboxylic acids is 1. The van der Waals surface area contributed by atoms with Crippen LogP contribution in [-0.2, 0) is 6.54 Å². The fourth-order valence-corrected chi connectivity index (χ4v) is 5.32. The third kappa shape index (κ3) is 4.77. The number of carboxylic acid groups (broad SMARTS) is 1. The molecule has 0 atom stereocenters. The van der Waals surface area contributed by atoms with Crippen LogP contribution in [0.5, 0.6) is 0 Å². The molecule has 1 fully saturated rings. The SMILES string of the molecule is O=C(O)c1ccc(SN(Cc2ccc3c(cnn3C3CC3)c2)c2ncc(Cl)cc2Cl)c(Cl)c1. The Kier molecular flexibility index (Phi) is 6.14. The Morgan fingerprint density at radius 1 is 1.09 bits per heavy atom. The molecule has 0 aliphatic heterocycles. The van der Waals surface area contributed by atoms with Crippen LogP contribution >= 0.6 is 46.8 Å². The van der Waals surface area contributed by atoms with E-state index >= 15 is 0 Å². The highest BCUT2D eigenvalue weighted by molar-refractivity contribution is 8.00. The zero-order valence-corrected chi connectivity index (χ0v) is 20.2. The van der Waals surface area contributed by atoms with Crippen molar-refractivity contribution in [1.82, 2.24) is 14.8 Å². The van der Waals surface area contributed by atoms with Gasteiger partial charge in [-0.05, 0) is 66.8 Å². The molecule has 5 rings (SSSR count). The first-order chi connectivity index (χ1) is 15.9. The first-order valence-corrected chi connectivity index (χ1v) is 12.1. The number of benzene rings is 2. The number of aromatic nitrogens is 3. The van der Waals surface area contributed by atoms with Gasteiger partial charge in [0, 0.05) is 16.5 Å². The van der Waals surface area contributed by atoms with Gasteiger partial charge in [0.05, 0.1) is 44.9 Å². The van der Waals surface area contributed by atoms with Crippen molar-refractivity contribution in [3.05, 3.63) is 81.1 Å². The number of rotatable bonds is 7. The van der Waals surface area contributed by atoms with Crippen LogP contribution < -0.4 is 4.31 Å². The normalized spacial score (nSPS) is 13.4. The van der Waals surface area contributed by atoms with Crippen molar-refractivity contribution < 1.29 is 9.90 Å². The van der Waals surface area contributed by atoms with Gasteiger partial charge in [0.2, 0.25) is 0 Å². The second-order valence-corrected chi connectivity index (χ2v) is 10.1. The fraction of sp³-hybridized carbons (Fsp3) is 0.174. The Bertz CT molecular complexity index is 1370. The Hall–Kier alpha value is -2.45. The van der Waals surface area contributed by atoms with Gasteiger partial charge in [-0.25, -0.2) is 9.78 Å². The quantitative estimate of drug-likeness (QED) is 0.262. The molecule has 10 heteroatoms. The molecule has 0 saturated heterocycles. The molecule has 6 nitrogen and oxygen atoms in total. The van der Waals surface area contributed by atoms with E-state index in [9.17, 15) is 9.90 Å². The zero-order chi connectivity index (χ0) is 23.1. The summed E-state index contributed by atoms with van der Waals surface area (Å²) >= 11 is 20.3. The molecular formula is C23H17Cl3N4O2S. The van der Waals surface area contributed by atoms with Gasteiger partial charge in [-0.15, -0.1) is 0 Å². The van der Waals surface area contributed by atoms with Crippen molar-refractivity contribution in [3.63, 3.8) is 0 Å². The Labute approximate surface area is 209 Å². The van der Waals surface area contributed by atoms with Gasteiger partial charge in [0.25, 0.3) is 0 Å². The van der Waals surface area contributed by atoms with E-state index in [0.29, 0.717) is 38.4 Å². The number of pyridine rings is 1. The van der Waals surface area contributed by atoms with Gasteiger partial charge in [0.15, 0.2) is 5.82 Å². The molecule has 0 spiro atoms. The van der Waals surface area contributed by atoms with E-state index in [1.807, 2.05) is 10.5 Å². The summed E-state index contributed by atoms with van der Waals surface area (Å²) in [5, 5.41) is 16.0. The molecule has 33 heavy (non-hydrogen) atoms. The van der Waals surface area contributed by atoms with Gasteiger partial charge >= 0.3 is 5.97 Å². The standard InChI is InChI=1S/C23H17Cl3N4O2S/c24-16-9-19(26)22(27-11-16)29(33-21-6-2-14(23(31)32)8-18(21)25)12-13-1-5-20-15(7-13)10-28-30(20)17-3-4-17/h1-2,5-11,17H,3-4,12H2,(H,31,32). The molecule has 1 saturated carbocycles. The summed E-state index contributed by atoms with van der Waals surface area (Å²) in [6.07, 6.45) is 5.77. The van der Waals surface area contributed by atoms with Crippen LogP contribution in [0.1, 0.15) is 34.8 Å². The van der Waals surface area contributed by atoms with Crippen LogP contribution in [-0.4, -0.2) is 25.8 Å². The summed E-state index contributed by atoms with van der Waals surface area (Å²) < 4.78 is 4.00. The summed E-state index contributed by atoms with van der Waals surface area (Å²) in [7, 11) is 0. The molecule has 2 aromatic carbocycles. The van der Waals surface area contributed by atoms with Crippen LogP contribution in [0.2, 0.25) is 15.1 Å². The molecule has 168 valence electrons. The van der Waals surface area contributed by atoms with Crippen molar-refractivity contribution >= 4 is 69.4 Å². The van der Waals surface area contributed by atoms with E-state index in [1.54, 1.807) is 12.1 Å². The van der Waals surface area contributed by atoms with E-state index in [1.165, 1.54) is 43.1 Å². The lowest BCUT2D eigenvalue weighted by Gasteiger charge is -2.24. The van der Waals surface area contributed by atoms with Crippen molar-refractivity contribution in [2.45, 2.75) is 30.3 Å². The topological polar surface area (TPSA) is 71.2 Å². The molecule has 0 unspecified atom stereocenters. The molecule has 2 heterocycles. The minimum Gasteiger partial charge on any atom is -0.478 e. The first-order valence-electron chi connectivity index (χ1n) is 10.1. The van der Waals surface area contributed by atoms with Gasteiger partial charge in [-0.3, -0.25) is 8.99 Å². The maximum atomic E-state index is 11.3. The van der Waals surface area contributed by atoms with Gasteiger partial charge in [-0.1, -0.05) is 40.9 Å². The lowest BCUT2D eigenvalue weighted by Crippen LogP contribution is -2.16. The molecule has 0 bridgehead atoms. The molecule has 1 aliphatic rings. The fourth-order valence-electron chi connectivity index (χ4n) is 3.54. The van der Waals surface area contributed by atoms with E-state index in [4.69, 9.17) is 34.8 Å². The predicted octanol–water partition coefficient (Wildman–Crippen LogP) is 7.14. The lowest BCUT2D eigenvalue weighted by molar-refractivity contribution is 0.0697. The van der Waals surface area contributed by atoms with Crippen LogP contribution in [0.25, 0.3) is 10.9 Å². The minimum atomic E-state index is -1.03. The largest absolute Gasteiger partial charge is 0.478 e. The van der Waals surface area contributed by atoms with E-state index < -0.39 is 5.97 Å². The Morgan fingerprint density at radius 3 is 2.61 bits per heavy atom. The predicted molar refractivity (Wildman–Crippen MR) is 133 cm³/mol. The third-order valence-corrected chi connectivity index (χ3v) is 7.28. The maximum absolute atomic E-state index is 11.3. The number of nitrogens with zero attached hydrogens (tertiary/aromatic N) is 4. The summed E-state index contributed by atoms with van der Waals surface area (Å²) in [5.74, 6) is -0.508. The van der Waals surface area contributed by atoms with Crippen LogP contribution in [0.4, 0.5) is 5.82 Å². The van der Waals surface area contributed by atoms with Crippen molar-refractivity contribution in [2.24, 2.45) is 0 Å². The number of anilines is 1. The summed E-state index contributed by atoms with van der Waals surface area (Å²) in [6.45, 7) is 0.473. The summed E-state index contributed by atoms with van der Waals surface area (Å²) in [6, 6.07) is 13.0. The number of hydrogen-bond donors (Lipinski definition) is 1. The van der Waals surface area contributed by atoms with Crippen molar-refractivity contribution in [1.29, 1.82) is 0 Å². The van der Waals surface area contributed by atoms with E-state index in [0.717, 1.165) is 16.5 Å². The molecule has 1 aliphatic carbocycles. The van der Waals surface area contributed by atoms with E-state index in [-0.39, 0.29) is 5.56 Å². The van der Waals surface area contributed by atoms with Crippen molar-refractivity contribution in [3.8, 4) is 0 Å². The van der Waals surface area contributed by atoms with Crippen LogP contribution in [0.15, 0.2) is 59.8 Å². The summed E-state index contributed by atoms with van der Waals surface area (Å²) in [5.41, 5.74) is 2.28. The first kappa shape index (κ1) is 22.3. The zero-order valence-electron chi connectivity index (χ0n) is 17.1. The Morgan fingerprint density at radius 2 is 1.91 bits per heavy atom. The highest BCUT2D eigenvalue weighted by atomic mass is 35.5. The highest BCUT2D eigenvalue weighted by Crippen LogP contribution is 2.39. The van der Waals surface area contributed by atoms with Gasteiger partial charge in [-0.2, -0.15) is 5.10 Å². The number of carbonyl (C=O) groups is 1. The Balaban J connectivity index is 1.48. The second kappa shape index (κ2) is 9.06. The minimum absolute atomic E-state index is 0.122. The monoisotopic (exact) mass is 518 g/mol. The van der Waals surface area contributed by atoms with Crippen LogP contribution in [0, 0.1) is 0 Å². The summed E-state index contributed by atoms with van der Waals surface area (Å²) in [4.78, 5) is 16.4. The average Bonchev–Trinajstić information content (AvgIpc) is 3.53. The molecule has 0 amide bonds. The molecule has 0 radical (unpaired) electrons. The van der Waals surface area contributed by atoms with E-state index in [2.05, 4.69) is 33.0 Å². The number of fused-ring (bicyclic) bond motifs is 1. The molecule has 4 aromatic rings.